The molecule has 0 heterocycles. The summed E-state index contributed by atoms with van der Waals surface area (Å²) in [6.45, 7) is 0. The van der Waals surface area contributed by atoms with Crippen molar-refractivity contribution in [1.82, 2.24) is 0 Å². The second-order valence-electron chi connectivity index (χ2n) is 4.46. The van der Waals surface area contributed by atoms with Crippen molar-refractivity contribution in [3.05, 3.63) is 51.7 Å². The van der Waals surface area contributed by atoms with Crippen molar-refractivity contribution in [2.45, 2.75) is 0 Å². The highest BCUT2D eigenvalue weighted by Gasteiger charge is 2.30. The molecular formula is C14H5Br4ClO5. The molecule has 10 heteroatoms. The highest BCUT2D eigenvalue weighted by atomic mass is 79.9. The lowest BCUT2D eigenvalue weighted by Crippen LogP contribution is -2.13. The molecule has 0 fully saturated rings. The summed E-state index contributed by atoms with van der Waals surface area (Å²) in [7, 11) is 0. The first kappa shape index (κ1) is 19.7. The van der Waals surface area contributed by atoms with Gasteiger partial charge in [-0.1, -0.05) is 11.6 Å². The van der Waals surface area contributed by atoms with Crippen LogP contribution in [0.25, 0.3) is 0 Å². The molecule has 3 N–H and O–H groups in total. The van der Waals surface area contributed by atoms with E-state index in [0.29, 0.717) is 8.95 Å². The van der Waals surface area contributed by atoms with Crippen LogP contribution in [0.3, 0.4) is 0 Å². The highest BCUT2D eigenvalue weighted by Crippen LogP contribution is 2.44. The minimum atomic E-state index is -1.34. The fourth-order valence-electron chi connectivity index (χ4n) is 1.91. The molecule has 126 valence electrons. The molecule has 0 saturated heterocycles. The summed E-state index contributed by atoms with van der Waals surface area (Å²) in [6.07, 6.45) is 0. The predicted octanol–water partition coefficient (Wildman–Crippen LogP) is 5.73. The lowest BCUT2D eigenvalue weighted by atomic mass is 9.97. The summed E-state index contributed by atoms with van der Waals surface area (Å²) >= 11 is 18.6. The lowest BCUT2D eigenvalue weighted by molar-refractivity contribution is 0.0691. The van der Waals surface area contributed by atoms with Gasteiger partial charge >= 0.3 is 5.97 Å². The van der Waals surface area contributed by atoms with Crippen LogP contribution in [0.2, 0.25) is 5.02 Å². The molecule has 0 aliphatic carbocycles. The number of halogens is 5. The Kier molecular flexibility index (Phi) is 6.02. The predicted molar refractivity (Wildman–Crippen MR) is 102 cm³/mol. The Bertz CT molecular complexity index is 898. The smallest absolute Gasteiger partial charge is 0.337 e. The van der Waals surface area contributed by atoms with Gasteiger partial charge < -0.3 is 15.3 Å². The van der Waals surface area contributed by atoms with Crippen LogP contribution in [-0.2, 0) is 0 Å². The zero-order chi connectivity index (χ0) is 18.3. The van der Waals surface area contributed by atoms with E-state index >= 15 is 0 Å². The number of aromatic hydroxyl groups is 2. The molecule has 2 rings (SSSR count). The Labute approximate surface area is 174 Å². The van der Waals surface area contributed by atoms with Crippen molar-refractivity contribution in [3.63, 3.8) is 0 Å². The minimum Gasteiger partial charge on any atom is -0.507 e. The van der Waals surface area contributed by atoms with Crippen LogP contribution in [0.15, 0.2) is 30.0 Å². The van der Waals surface area contributed by atoms with Gasteiger partial charge in [-0.05, 0) is 69.8 Å². The molecule has 0 saturated carbocycles. The first-order valence-electron chi connectivity index (χ1n) is 5.93. The van der Waals surface area contributed by atoms with Gasteiger partial charge in [-0.2, -0.15) is 0 Å². The Morgan fingerprint density at radius 3 is 1.83 bits per heavy atom. The van der Waals surface area contributed by atoms with Crippen LogP contribution >= 0.6 is 75.3 Å². The third-order valence-electron chi connectivity index (χ3n) is 3.02. The van der Waals surface area contributed by atoms with E-state index in [1.807, 2.05) is 0 Å². The maximum absolute atomic E-state index is 12.8. The number of ketones is 1. The monoisotopic (exact) mass is 604 g/mol. The van der Waals surface area contributed by atoms with Crippen LogP contribution < -0.4 is 0 Å². The second-order valence-corrected chi connectivity index (χ2v) is 8.04. The molecule has 0 atom stereocenters. The van der Waals surface area contributed by atoms with E-state index in [2.05, 4.69) is 63.7 Å². The fourth-order valence-corrected chi connectivity index (χ4v) is 4.54. The number of benzene rings is 2. The number of carboxylic acid groups (broad SMARTS) is 1. The van der Waals surface area contributed by atoms with Gasteiger partial charge in [0.25, 0.3) is 0 Å². The summed E-state index contributed by atoms with van der Waals surface area (Å²) in [4.78, 5) is 24.5. The van der Waals surface area contributed by atoms with Crippen molar-refractivity contribution in [1.29, 1.82) is 0 Å². The number of phenols is 2. The Balaban J connectivity index is 2.84. The zero-order valence-electron chi connectivity index (χ0n) is 11.2. The molecule has 0 radical (unpaired) electrons. The average Bonchev–Trinajstić information content (AvgIpc) is 2.51. The van der Waals surface area contributed by atoms with Crippen LogP contribution in [0.5, 0.6) is 11.5 Å². The van der Waals surface area contributed by atoms with Gasteiger partial charge in [-0.3, -0.25) is 4.79 Å². The Morgan fingerprint density at radius 2 is 1.33 bits per heavy atom. The molecule has 24 heavy (non-hydrogen) atoms. The van der Waals surface area contributed by atoms with Gasteiger partial charge in [0.2, 0.25) is 0 Å². The first-order chi connectivity index (χ1) is 11.1. The van der Waals surface area contributed by atoms with Crippen molar-refractivity contribution in [2.24, 2.45) is 0 Å². The third kappa shape index (κ3) is 3.37. The van der Waals surface area contributed by atoms with Crippen molar-refractivity contribution in [2.75, 3.05) is 0 Å². The second kappa shape index (κ2) is 7.33. The SMILES string of the molecule is O=C(O)c1c(Br)c(Br)c(Br)c(Br)c1C(=O)c1cc(Cl)c(O)cc1O. The van der Waals surface area contributed by atoms with Gasteiger partial charge in [0.15, 0.2) is 5.78 Å². The number of hydrogen-bond donors (Lipinski definition) is 3. The fraction of sp³-hybridized carbons (Fsp3) is 0. The van der Waals surface area contributed by atoms with Crippen LogP contribution in [0.4, 0.5) is 0 Å². The summed E-state index contributed by atoms with van der Waals surface area (Å²) in [5.74, 6) is -3.06. The van der Waals surface area contributed by atoms with E-state index in [1.54, 1.807) is 0 Å². The lowest BCUT2D eigenvalue weighted by Gasteiger charge is -2.15. The molecule has 2 aromatic carbocycles. The Morgan fingerprint density at radius 1 is 0.833 bits per heavy atom. The van der Waals surface area contributed by atoms with Crippen LogP contribution in [-0.4, -0.2) is 27.1 Å². The van der Waals surface area contributed by atoms with Crippen molar-refractivity contribution >= 4 is 87.1 Å². The number of rotatable bonds is 3. The largest absolute Gasteiger partial charge is 0.507 e. The highest BCUT2D eigenvalue weighted by molar-refractivity contribution is 9.15. The van der Waals surface area contributed by atoms with Gasteiger partial charge in [0.1, 0.15) is 11.5 Å². The quantitative estimate of drug-likeness (QED) is 0.235. The summed E-state index contributed by atoms with van der Waals surface area (Å²) < 4.78 is 1.14. The van der Waals surface area contributed by atoms with E-state index < -0.39 is 23.3 Å². The number of carbonyl (C=O) groups is 2. The zero-order valence-corrected chi connectivity index (χ0v) is 18.3. The molecule has 5 nitrogen and oxygen atoms in total. The van der Waals surface area contributed by atoms with E-state index in [-0.39, 0.29) is 30.7 Å². The number of carbonyl (C=O) groups excluding carboxylic acids is 1. The number of carboxylic acids is 1. The maximum Gasteiger partial charge on any atom is 0.337 e. The van der Waals surface area contributed by atoms with Crippen molar-refractivity contribution in [3.8, 4) is 11.5 Å². The van der Waals surface area contributed by atoms with Crippen LogP contribution in [0, 0.1) is 0 Å². The van der Waals surface area contributed by atoms with Gasteiger partial charge in [0, 0.05) is 24.0 Å². The standard InChI is InChI=1S/C14H5Br4ClO5/c15-9-7(8(14(23)24)10(16)12(18)11(9)17)13(22)3-1-4(19)6(21)2-5(3)20/h1-2,20-21H,(H,23,24). The molecule has 2 aromatic rings. The minimum absolute atomic E-state index is 0.151. The molecular weight excluding hydrogens is 603 g/mol. The number of aromatic carboxylic acids is 1. The molecule has 0 unspecified atom stereocenters. The van der Waals surface area contributed by atoms with E-state index in [0.717, 1.165) is 12.1 Å². The van der Waals surface area contributed by atoms with Gasteiger partial charge in [0.05, 0.1) is 21.7 Å². The number of hydrogen-bond acceptors (Lipinski definition) is 4. The topological polar surface area (TPSA) is 94.8 Å². The van der Waals surface area contributed by atoms with Crippen molar-refractivity contribution < 1.29 is 24.9 Å². The van der Waals surface area contributed by atoms with Crippen LogP contribution in [0.1, 0.15) is 26.3 Å². The maximum atomic E-state index is 12.8. The molecule has 0 aliphatic rings. The van der Waals surface area contributed by atoms with Gasteiger partial charge in [-0.25, -0.2) is 4.79 Å². The summed E-state index contributed by atoms with van der Waals surface area (Å²) in [6, 6.07) is 1.98. The Hall–Kier alpha value is -0.610. The average molecular weight is 608 g/mol. The van der Waals surface area contributed by atoms with E-state index in [1.165, 1.54) is 0 Å². The number of phenolic OH excluding ortho intramolecular Hbond substituents is 2. The first-order valence-corrected chi connectivity index (χ1v) is 9.48. The van der Waals surface area contributed by atoms with Gasteiger partial charge in [-0.15, -0.1) is 0 Å². The normalized spacial score (nSPS) is 10.7. The molecule has 0 aromatic heterocycles. The van der Waals surface area contributed by atoms with E-state index in [9.17, 15) is 24.9 Å². The van der Waals surface area contributed by atoms with E-state index in [4.69, 9.17) is 11.6 Å². The molecule has 0 bridgehead atoms. The third-order valence-corrected chi connectivity index (χ3v) is 8.09. The molecule has 0 spiro atoms. The molecule has 0 amide bonds. The summed E-state index contributed by atoms with van der Waals surface area (Å²) in [5, 5.41) is 28.7. The summed E-state index contributed by atoms with van der Waals surface area (Å²) in [5.41, 5.74) is -0.742. The molecule has 0 aliphatic heterocycles.